The molecule has 0 amide bonds. The molecule has 4 rings (SSSR count). The zero-order valence-corrected chi connectivity index (χ0v) is 14.8. The molecule has 3 heterocycles. The summed E-state index contributed by atoms with van der Waals surface area (Å²) >= 11 is 1.72. The fourth-order valence-electron chi connectivity index (χ4n) is 3.30. The first-order valence-electron chi connectivity index (χ1n) is 8.31. The molecule has 0 bridgehead atoms. The van der Waals surface area contributed by atoms with Gasteiger partial charge < -0.3 is 4.90 Å². The Morgan fingerprint density at radius 2 is 1.96 bits per heavy atom. The summed E-state index contributed by atoms with van der Waals surface area (Å²) in [5.74, 6) is 0. The largest absolute Gasteiger partial charge is 0.343 e. The quantitative estimate of drug-likeness (QED) is 0.734. The molecule has 2 aromatic heterocycles. The highest BCUT2D eigenvalue weighted by molar-refractivity contribution is 7.13. The van der Waals surface area contributed by atoms with Crippen LogP contribution < -0.4 is 4.90 Å². The number of piperazine rings is 1. The zero-order chi connectivity index (χ0) is 16.5. The van der Waals surface area contributed by atoms with E-state index in [9.17, 15) is 0 Å². The first kappa shape index (κ1) is 15.5. The summed E-state index contributed by atoms with van der Waals surface area (Å²) in [7, 11) is 0. The van der Waals surface area contributed by atoms with Gasteiger partial charge in [0.25, 0.3) is 0 Å². The van der Waals surface area contributed by atoms with E-state index in [1.54, 1.807) is 11.3 Å². The maximum Gasteiger partial charge on any atom is 0.185 e. The Bertz CT molecular complexity index is 833. The molecule has 1 saturated heterocycles. The highest BCUT2D eigenvalue weighted by Gasteiger charge is 2.25. The molecular formula is C18H21N5S. The lowest BCUT2D eigenvalue weighted by Crippen LogP contribution is -2.51. The zero-order valence-electron chi connectivity index (χ0n) is 14.0. The van der Waals surface area contributed by atoms with Crippen molar-refractivity contribution in [3.05, 3.63) is 47.2 Å². The molecule has 0 unspecified atom stereocenters. The molecule has 5 nitrogen and oxygen atoms in total. The lowest BCUT2D eigenvalue weighted by atomic mass is 10.2. The van der Waals surface area contributed by atoms with Crippen LogP contribution in [0.5, 0.6) is 0 Å². The third kappa shape index (κ3) is 2.99. The molecule has 1 aliphatic heterocycles. The predicted octanol–water partition coefficient (Wildman–Crippen LogP) is 3.11. The Morgan fingerprint density at radius 3 is 2.67 bits per heavy atom. The van der Waals surface area contributed by atoms with Crippen molar-refractivity contribution < 1.29 is 0 Å². The fraction of sp³-hybridized carbons (Fsp3) is 0.389. The van der Waals surface area contributed by atoms with Crippen LogP contribution in [0.4, 0.5) is 5.13 Å². The van der Waals surface area contributed by atoms with Gasteiger partial charge in [-0.25, -0.2) is 15.0 Å². The summed E-state index contributed by atoms with van der Waals surface area (Å²) in [4.78, 5) is 18.9. The summed E-state index contributed by atoms with van der Waals surface area (Å²) in [6, 6.07) is 8.54. The number of benzene rings is 1. The van der Waals surface area contributed by atoms with Crippen LogP contribution in [0.25, 0.3) is 11.0 Å². The number of aromatic nitrogens is 3. The van der Waals surface area contributed by atoms with E-state index in [1.807, 2.05) is 35.8 Å². The second kappa shape index (κ2) is 6.45. The Kier molecular flexibility index (Phi) is 4.16. The van der Waals surface area contributed by atoms with Crippen molar-refractivity contribution in [2.45, 2.75) is 26.4 Å². The number of para-hydroxylation sites is 2. The monoisotopic (exact) mass is 339 g/mol. The van der Waals surface area contributed by atoms with Gasteiger partial charge in [-0.15, -0.1) is 11.3 Å². The van der Waals surface area contributed by atoms with Crippen LogP contribution in [-0.4, -0.2) is 45.5 Å². The first-order chi connectivity index (χ1) is 11.7. The lowest BCUT2D eigenvalue weighted by Gasteiger charge is -2.39. The van der Waals surface area contributed by atoms with Gasteiger partial charge >= 0.3 is 0 Å². The highest BCUT2D eigenvalue weighted by Crippen LogP contribution is 2.23. The number of anilines is 1. The van der Waals surface area contributed by atoms with Crippen molar-refractivity contribution in [1.82, 2.24) is 19.9 Å². The third-order valence-electron chi connectivity index (χ3n) is 4.59. The van der Waals surface area contributed by atoms with Gasteiger partial charge in [0.15, 0.2) is 5.13 Å². The predicted molar refractivity (Wildman–Crippen MR) is 98.5 cm³/mol. The van der Waals surface area contributed by atoms with Crippen LogP contribution in [0.15, 0.2) is 35.8 Å². The Hall–Kier alpha value is -2.05. The molecule has 0 radical (unpaired) electrons. The average Bonchev–Trinajstić information content (AvgIpc) is 3.10. The van der Waals surface area contributed by atoms with Crippen molar-refractivity contribution in [3.63, 3.8) is 0 Å². The van der Waals surface area contributed by atoms with Crippen LogP contribution in [0.3, 0.4) is 0 Å². The summed E-state index contributed by atoms with van der Waals surface area (Å²) in [5.41, 5.74) is 4.07. The van der Waals surface area contributed by atoms with Gasteiger partial charge in [0.1, 0.15) is 0 Å². The molecule has 1 fully saturated rings. The fourth-order valence-corrected chi connectivity index (χ4v) is 4.08. The third-order valence-corrected chi connectivity index (χ3v) is 5.40. The van der Waals surface area contributed by atoms with E-state index >= 15 is 0 Å². The number of aryl methyl sites for hydroxylation is 1. The van der Waals surface area contributed by atoms with Crippen LogP contribution in [-0.2, 0) is 6.54 Å². The number of hydrogen-bond acceptors (Lipinski definition) is 6. The van der Waals surface area contributed by atoms with Crippen LogP contribution in [0.1, 0.15) is 18.3 Å². The van der Waals surface area contributed by atoms with Gasteiger partial charge in [0.2, 0.25) is 0 Å². The average molecular weight is 339 g/mol. The smallest absolute Gasteiger partial charge is 0.185 e. The summed E-state index contributed by atoms with van der Waals surface area (Å²) in [5, 5.41) is 3.17. The van der Waals surface area contributed by atoms with Gasteiger partial charge in [0, 0.05) is 43.8 Å². The molecule has 0 saturated carbocycles. The van der Waals surface area contributed by atoms with E-state index < -0.39 is 0 Å². The maximum atomic E-state index is 4.83. The number of rotatable bonds is 3. The Morgan fingerprint density at radius 1 is 1.17 bits per heavy atom. The second-order valence-corrected chi connectivity index (χ2v) is 7.21. The minimum absolute atomic E-state index is 0.457. The van der Waals surface area contributed by atoms with Crippen molar-refractivity contribution in [3.8, 4) is 0 Å². The normalized spacial score (nSPS) is 19.1. The summed E-state index contributed by atoms with van der Waals surface area (Å²) in [6.45, 7) is 8.25. The Balaban J connectivity index is 1.49. The minimum atomic E-state index is 0.457. The molecule has 124 valence electrons. The topological polar surface area (TPSA) is 45.2 Å². The molecule has 1 atom stereocenters. The van der Waals surface area contributed by atoms with Gasteiger partial charge in [-0.05, 0) is 26.0 Å². The molecular weight excluding hydrogens is 318 g/mol. The van der Waals surface area contributed by atoms with Crippen molar-refractivity contribution in [1.29, 1.82) is 0 Å². The highest BCUT2D eigenvalue weighted by atomic mass is 32.1. The lowest BCUT2D eigenvalue weighted by molar-refractivity contribution is 0.218. The van der Waals surface area contributed by atoms with Crippen molar-refractivity contribution >= 4 is 27.5 Å². The molecule has 0 aliphatic carbocycles. The van der Waals surface area contributed by atoms with E-state index in [-0.39, 0.29) is 0 Å². The van der Waals surface area contributed by atoms with Gasteiger partial charge in [-0.1, -0.05) is 12.1 Å². The van der Waals surface area contributed by atoms with E-state index in [1.165, 1.54) is 0 Å². The first-order valence-corrected chi connectivity index (χ1v) is 9.19. The summed E-state index contributed by atoms with van der Waals surface area (Å²) < 4.78 is 0. The minimum Gasteiger partial charge on any atom is -0.343 e. The number of thiazole rings is 1. The molecule has 1 aromatic carbocycles. The molecule has 1 aliphatic rings. The van der Waals surface area contributed by atoms with Crippen LogP contribution in [0, 0.1) is 6.92 Å². The molecule has 3 aromatic rings. The van der Waals surface area contributed by atoms with Gasteiger partial charge in [-0.2, -0.15) is 0 Å². The molecule has 6 heteroatoms. The van der Waals surface area contributed by atoms with E-state index in [4.69, 9.17) is 9.97 Å². The van der Waals surface area contributed by atoms with Crippen LogP contribution in [0.2, 0.25) is 0 Å². The van der Waals surface area contributed by atoms with E-state index in [0.717, 1.165) is 53.7 Å². The molecule has 0 N–H and O–H groups in total. The van der Waals surface area contributed by atoms with E-state index in [2.05, 4.69) is 28.6 Å². The molecule has 0 spiro atoms. The maximum absolute atomic E-state index is 4.83. The standard InChI is InChI=1S/C18H21N5S/c1-13-11-22(8-9-23(13)18-19-7-10-24-18)12-17-14(2)20-15-5-3-4-6-16(15)21-17/h3-7,10,13H,8-9,11-12H2,1-2H3/t13-/m1/s1. The number of nitrogens with zero attached hydrogens (tertiary/aromatic N) is 5. The van der Waals surface area contributed by atoms with E-state index in [0.29, 0.717) is 6.04 Å². The Labute approximate surface area is 146 Å². The van der Waals surface area contributed by atoms with Crippen molar-refractivity contribution in [2.24, 2.45) is 0 Å². The summed E-state index contributed by atoms with van der Waals surface area (Å²) in [6.07, 6.45) is 1.88. The number of fused-ring (bicyclic) bond motifs is 1. The SMILES string of the molecule is Cc1nc2ccccc2nc1CN1CCN(c2nccs2)[C@H](C)C1. The van der Waals surface area contributed by atoms with Gasteiger partial charge in [-0.3, -0.25) is 4.90 Å². The van der Waals surface area contributed by atoms with Gasteiger partial charge in [0.05, 0.1) is 22.4 Å². The number of hydrogen-bond donors (Lipinski definition) is 0. The second-order valence-electron chi connectivity index (χ2n) is 6.34. The van der Waals surface area contributed by atoms with Crippen LogP contribution >= 0.6 is 11.3 Å². The van der Waals surface area contributed by atoms with Crippen molar-refractivity contribution in [2.75, 3.05) is 24.5 Å². The molecule has 24 heavy (non-hydrogen) atoms.